The lowest BCUT2D eigenvalue weighted by Crippen LogP contribution is -2.27. The minimum absolute atomic E-state index is 0.367. The summed E-state index contributed by atoms with van der Waals surface area (Å²) in [5.41, 5.74) is 5.68. The van der Waals surface area contributed by atoms with Crippen LogP contribution in [0.2, 0.25) is 0 Å². The van der Waals surface area contributed by atoms with Gasteiger partial charge in [0.05, 0.1) is 0 Å². The normalized spacial score (nSPS) is 29.2. The lowest BCUT2D eigenvalue weighted by molar-refractivity contribution is 0.315. The summed E-state index contributed by atoms with van der Waals surface area (Å²) in [5, 5.41) is 0. The van der Waals surface area contributed by atoms with E-state index in [0.717, 1.165) is 12.3 Å². The number of nitrogens with zero attached hydrogens (tertiary/aromatic N) is 1. The van der Waals surface area contributed by atoms with Gasteiger partial charge in [0.1, 0.15) is 0 Å². The van der Waals surface area contributed by atoms with Crippen LogP contribution in [0.4, 0.5) is 0 Å². The van der Waals surface area contributed by atoms with Crippen molar-refractivity contribution in [1.29, 1.82) is 0 Å². The fraction of sp³-hybridized carbons (Fsp3) is 1.00. The number of hydrogen-bond acceptors (Lipinski definition) is 2. The Hall–Kier alpha value is -0.0800. The molecule has 2 nitrogen and oxygen atoms in total. The van der Waals surface area contributed by atoms with E-state index in [1.807, 2.05) is 0 Å². The van der Waals surface area contributed by atoms with Gasteiger partial charge in [-0.25, -0.2) is 0 Å². The van der Waals surface area contributed by atoms with Crippen LogP contribution in [0.15, 0.2) is 0 Å². The van der Waals surface area contributed by atoms with Gasteiger partial charge in [0, 0.05) is 12.6 Å². The molecule has 2 N–H and O–H groups in total. The number of hydrogen-bond donors (Lipinski definition) is 1. The van der Waals surface area contributed by atoms with E-state index in [2.05, 4.69) is 18.7 Å². The van der Waals surface area contributed by atoms with Crippen LogP contribution in [-0.4, -0.2) is 30.6 Å². The maximum Gasteiger partial charge on any atom is 0.00226 e. The average Bonchev–Trinajstić information content (AvgIpc) is 2.31. The maximum atomic E-state index is 5.68. The van der Waals surface area contributed by atoms with E-state index in [-0.39, 0.29) is 0 Å². The number of nitrogens with two attached hydrogens (primary N) is 1. The third-order valence-electron chi connectivity index (χ3n) is 2.41. The van der Waals surface area contributed by atoms with Gasteiger partial charge in [-0.15, -0.1) is 0 Å². The van der Waals surface area contributed by atoms with Gasteiger partial charge in [0.25, 0.3) is 0 Å². The van der Waals surface area contributed by atoms with Crippen molar-refractivity contribution < 1.29 is 0 Å². The molecule has 2 atom stereocenters. The summed E-state index contributed by atoms with van der Waals surface area (Å²) < 4.78 is 0. The zero-order chi connectivity index (χ0) is 8.27. The predicted octanol–water partition coefficient (Wildman–Crippen LogP) is 1.07. The summed E-state index contributed by atoms with van der Waals surface area (Å²) in [4.78, 5) is 2.52. The summed E-state index contributed by atoms with van der Waals surface area (Å²) in [5.74, 6) is 0.906. The smallest absolute Gasteiger partial charge is 0.00226 e. The molecule has 11 heavy (non-hydrogen) atoms. The van der Waals surface area contributed by atoms with Crippen LogP contribution < -0.4 is 5.73 Å². The largest absolute Gasteiger partial charge is 0.328 e. The lowest BCUT2D eigenvalue weighted by Gasteiger charge is -2.16. The van der Waals surface area contributed by atoms with Crippen molar-refractivity contribution in [2.24, 2.45) is 11.7 Å². The molecule has 0 aliphatic carbocycles. The van der Waals surface area contributed by atoms with E-state index in [0.29, 0.717) is 6.04 Å². The molecule has 66 valence electrons. The number of likely N-dealkylation sites (tertiary alicyclic amines) is 1. The molecule has 1 heterocycles. The second kappa shape index (κ2) is 4.07. The van der Waals surface area contributed by atoms with Gasteiger partial charge in [-0.1, -0.05) is 6.92 Å². The van der Waals surface area contributed by atoms with Crippen LogP contribution in [0.1, 0.15) is 26.7 Å². The van der Waals surface area contributed by atoms with E-state index in [1.165, 1.54) is 26.1 Å². The Morgan fingerprint density at radius 3 is 2.82 bits per heavy atom. The van der Waals surface area contributed by atoms with Crippen LogP contribution >= 0.6 is 0 Å². The summed E-state index contributed by atoms with van der Waals surface area (Å²) >= 11 is 0. The first-order valence-electron chi connectivity index (χ1n) is 4.66. The molecule has 0 spiro atoms. The van der Waals surface area contributed by atoms with E-state index < -0.39 is 0 Å². The average molecular weight is 156 g/mol. The fourth-order valence-corrected chi connectivity index (χ4v) is 1.62. The molecule has 0 amide bonds. The van der Waals surface area contributed by atoms with Crippen molar-refractivity contribution in [3.63, 3.8) is 0 Å². The lowest BCUT2D eigenvalue weighted by atomic mass is 10.2. The third kappa shape index (κ3) is 3.21. The Balaban J connectivity index is 2.08. The van der Waals surface area contributed by atoms with Gasteiger partial charge >= 0.3 is 0 Å². The molecule has 0 aromatic heterocycles. The van der Waals surface area contributed by atoms with Crippen LogP contribution in [0.5, 0.6) is 0 Å². The molecule has 1 saturated heterocycles. The molecular formula is C9H20N2. The summed E-state index contributed by atoms with van der Waals surface area (Å²) in [6, 6.07) is 0.367. The van der Waals surface area contributed by atoms with E-state index in [1.54, 1.807) is 0 Å². The van der Waals surface area contributed by atoms with Crippen LogP contribution in [0.3, 0.4) is 0 Å². The molecule has 0 aromatic rings. The molecule has 2 heteroatoms. The molecule has 1 aliphatic rings. The van der Waals surface area contributed by atoms with Crippen molar-refractivity contribution in [3.8, 4) is 0 Å². The van der Waals surface area contributed by atoms with Crippen LogP contribution in [0.25, 0.3) is 0 Å². The highest BCUT2D eigenvalue weighted by molar-refractivity contribution is 4.72. The third-order valence-corrected chi connectivity index (χ3v) is 2.41. The first-order chi connectivity index (χ1) is 5.18. The second-order valence-electron chi connectivity index (χ2n) is 3.96. The molecule has 0 radical (unpaired) electrons. The van der Waals surface area contributed by atoms with E-state index in [9.17, 15) is 0 Å². The molecular weight excluding hydrogens is 136 g/mol. The summed E-state index contributed by atoms with van der Waals surface area (Å²) in [6.07, 6.45) is 2.52. The van der Waals surface area contributed by atoms with Gasteiger partial charge in [-0.2, -0.15) is 0 Å². The monoisotopic (exact) mass is 156 g/mol. The zero-order valence-electron chi connectivity index (χ0n) is 7.71. The minimum Gasteiger partial charge on any atom is -0.328 e. The van der Waals surface area contributed by atoms with Gasteiger partial charge in [0.2, 0.25) is 0 Å². The molecule has 2 unspecified atom stereocenters. The highest BCUT2D eigenvalue weighted by Gasteiger charge is 2.17. The fourth-order valence-electron chi connectivity index (χ4n) is 1.62. The Labute approximate surface area is 69.8 Å². The molecule has 1 fully saturated rings. The Morgan fingerprint density at radius 1 is 1.64 bits per heavy atom. The van der Waals surface area contributed by atoms with Gasteiger partial charge in [-0.3, -0.25) is 0 Å². The van der Waals surface area contributed by atoms with Crippen LogP contribution in [-0.2, 0) is 0 Å². The molecule has 1 aliphatic heterocycles. The summed E-state index contributed by atoms with van der Waals surface area (Å²) in [7, 11) is 0. The molecule has 0 bridgehead atoms. The zero-order valence-corrected chi connectivity index (χ0v) is 7.71. The standard InChI is InChI=1S/C9H20N2/c1-8-3-5-11(7-8)6-4-9(2)10/h8-9H,3-7,10H2,1-2H3. The highest BCUT2D eigenvalue weighted by Crippen LogP contribution is 2.14. The van der Waals surface area contributed by atoms with Gasteiger partial charge < -0.3 is 10.6 Å². The molecule has 0 saturated carbocycles. The quantitative estimate of drug-likeness (QED) is 0.662. The SMILES string of the molecule is CC(N)CCN1CCC(C)C1. The Bertz CT molecular complexity index is 112. The first kappa shape index (κ1) is 9.01. The van der Waals surface area contributed by atoms with Crippen molar-refractivity contribution in [1.82, 2.24) is 4.90 Å². The summed E-state index contributed by atoms with van der Waals surface area (Å²) in [6.45, 7) is 8.17. The van der Waals surface area contributed by atoms with E-state index in [4.69, 9.17) is 5.73 Å². The molecule has 1 rings (SSSR count). The van der Waals surface area contributed by atoms with Crippen molar-refractivity contribution in [2.75, 3.05) is 19.6 Å². The van der Waals surface area contributed by atoms with Crippen LogP contribution in [0, 0.1) is 5.92 Å². The minimum atomic E-state index is 0.367. The second-order valence-corrected chi connectivity index (χ2v) is 3.96. The first-order valence-corrected chi connectivity index (χ1v) is 4.66. The van der Waals surface area contributed by atoms with Crippen molar-refractivity contribution in [3.05, 3.63) is 0 Å². The van der Waals surface area contributed by atoms with Gasteiger partial charge in [0.15, 0.2) is 0 Å². The maximum absolute atomic E-state index is 5.68. The Kier molecular flexibility index (Phi) is 3.34. The molecule has 0 aromatic carbocycles. The highest BCUT2D eigenvalue weighted by atomic mass is 15.1. The number of rotatable bonds is 3. The van der Waals surface area contributed by atoms with Crippen molar-refractivity contribution in [2.45, 2.75) is 32.7 Å². The van der Waals surface area contributed by atoms with Gasteiger partial charge in [-0.05, 0) is 38.8 Å². The Morgan fingerprint density at radius 2 is 2.36 bits per heavy atom. The van der Waals surface area contributed by atoms with E-state index >= 15 is 0 Å². The van der Waals surface area contributed by atoms with Crippen molar-refractivity contribution >= 4 is 0 Å². The predicted molar refractivity (Wildman–Crippen MR) is 48.5 cm³/mol. The topological polar surface area (TPSA) is 29.3 Å².